The largest absolute Gasteiger partial charge is 0.390 e. The lowest BCUT2D eigenvalue weighted by Gasteiger charge is -2.36. The van der Waals surface area contributed by atoms with E-state index >= 15 is 0 Å². The predicted octanol–water partition coefficient (Wildman–Crippen LogP) is 4.57. The topological polar surface area (TPSA) is 78.0 Å². The third-order valence-corrected chi connectivity index (χ3v) is 6.10. The van der Waals surface area contributed by atoms with Gasteiger partial charge in [0.2, 0.25) is 0 Å². The smallest absolute Gasteiger partial charge is 0.251 e. The maximum absolute atomic E-state index is 14.8. The maximum atomic E-state index is 14.8. The lowest BCUT2D eigenvalue weighted by molar-refractivity contribution is -0.00257. The van der Waals surface area contributed by atoms with Gasteiger partial charge in [-0.05, 0) is 69.7 Å². The average Bonchev–Trinajstić information content (AvgIpc) is 3.19. The number of pyridine rings is 1. The Morgan fingerprint density at radius 2 is 1.90 bits per heavy atom. The molecule has 1 aliphatic carbocycles. The number of nitrogens with zero attached hydrogens (tertiary/aromatic N) is 1. The van der Waals surface area contributed by atoms with Gasteiger partial charge in [-0.25, -0.2) is 8.78 Å². The maximum Gasteiger partial charge on any atom is 0.251 e. The first kappa shape index (κ1) is 20.5. The summed E-state index contributed by atoms with van der Waals surface area (Å²) in [4.78, 5) is 19.4. The van der Waals surface area contributed by atoms with Gasteiger partial charge in [0.15, 0.2) is 5.82 Å². The minimum absolute atomic E-state index is 0.0112. The fourth-order valence-electron chi connectivity index (χ4n) is 4.30. The molecule has 0 radical (unpaired) electrons. The number of rotatable bonds is 4. The van der Waals surface area contributed by atoms with Gasteiger partial charge in [-0.1, -0.05) is 0 Å². The summed E-state index contributed by atoms with van der Waals surface area (Å²) in [6.07, 6.45) is 5.87. The summed E-state index contributed by atoms with van der Waals surface area (Å²) in [6, 6.07) is 5.90. The highest BCUT2D eigenvalue weighted by Crippen LogP contribution is 2.33. The van der Waals surface area contributed by atoms with Gasteiger partial charge >= 0.3 is 0 Å². The molecule has 158 valence electrons. The molecule has 30 heavy (non-hydrogen) atoms. The molecule has 0 saturated heterocycles. The summed E-state index contributed by atoms with van der Waals surface area (Å²) in [5, 5.41) is 13.6. The number of fused-ring (bicyclic) bond motifs is 1. The number of carbonyl (C=O) groups is 1. The van der Waals surface area contributed by atoms with Crippen LogP contribution in [0.25, 0.3) is 22.2 Å². The highest BCUT2D eigenvalue weighted by atomic mass is 19.1. The number of aromatic nitrogens is 2. The number of hydrogen-bond donors (Lipinski definition) is 3. The van der Waals surface area contributed by atoms with Gasteiger partial charge < -0.3 is 15.4 Å². The van der Waals surface area contributed by atoms with Gasteiger partial charge in [0.05, 0.1) is 23.0 Å². The standard InChI is InChI=1S/C23H25F2N3O2/c1-23(2,30)14-4-6-15(7-5-14)28-22(29)13-3-8-16(18(24)11-13)20-17-9-10-26-21(17)19(25)12-27-20/h3,8-12,14-15,26,30H,4-7H2,1-2H3,(H,28,29). The predicted molar refractivity (Wildman–Crippen MR) is 111 cm³/mol. The Labute approximate surface area is 173 Å². The van der Waals surface area contributed by atoms with Crippen LogP contribution in [0.15, 0.2) is 36.7 Å². The molecule has 0 bridgehead atoms. The van der Waals surface area contributed by atoms with Crippen LogP contribution in [0.2, 0.25) is 0 Å². The average molecular weight is 413 g/mol. The molecule has 2 heterocycles. The summed E-state index contributed by atoms with van der Waals surface area (Å²) in [6.45, 7) is 3.64. The van der Waals surface area contributed by atoms with Crippen LogP contribution < -0.4 is 5.32 Å². The fourth-order valence-corrected chi connectivity index (χ4v) is 4.30. The minimum atomic E-state index is -0.715. The molecule has 0 aliphatic heterocycles. The Hall–Kier alpha value is -2.80. The quantitative estimate of drug-likeness (QED) is 0.586. The zero-order valence-electron chi connectivity index (χ0n) is 17.0. The normalized spacial score (nSPS) is 19.8. The number of nitrogens with one attached hydrogen (secondary N) is 2. The number of H-pyrrole nitrogens is 1. The SMILES string of the molecule is CC(C)(O)C1CCC(NC(=O)c2ccc(-c3ncc(F)c4[nH]ccc34)c(F)c2)CC1. The van der Waals surface area contributed by atoms with E-state index < -0.39 is 17.2 Å². The van der Waals surface area contributed by atoms with E-state index in [9.17, 15) is 18.7 Å². The number of amides is 1. The molecule has 5 nitrogen and oxygen atoms in total. The molecular formula is C23H25F2N3O2. The summed E-state index contributed by atoms with van der Waals surface area (Å²) in [7, 11) is 0. The Kier molecular flexibility index (Phi) is 5.32. The van der Waals surface area contributed by atoms with Crippen LogP contribution in [0.1, 0.15) is 49.9 Å². The van der Waals surface area contributed by atoms with Crippen LogP contribution >= 0.6 is 0 Å². The second-order valence-corrected chi connectivity index (χ2v) is 8.59. The van der Waals surface area contributed by atoms with Crippen molar-refractivity contribution in [3.05, 3.63) is 53.9 Å². The van der Waals surface area contributed by atoms with Gasteiger partial charge in [0, 0.05) is 28.8 Å². The number of aliphatic hydroxyl groups is 1. The fraction of sp³-hybridized carbons (Fsp3) is 0.391. The van der Waals surface area contributed by atoms with Crippen molar-refractivity contribution in [2.45, 2.75) is 51.2 Å². The van der Waals surface area contributed by atoms with Crippen LogP contribution in [0, 0.1) is 17.6 Å². The van der Waals surface area contributed by atoms with Gasteiger partial charge in [0.25, 0.3) is 5.91 Å². The molecule has 2 aromatic heterocycles. The number of halogens is 2. The van der Waals surface area contributed by atoms with E-state index in [4.69, 9.17) is 0 Å². The van der Waals surface area contributed by atoms with E-state index in [1.807, 2.05) is 13.8 Å². The summed E-state index contributed by atoms with van der Waals surface area (Å²) in [5.41, 5.74) is 0.313. The molecule has 1 fully saturated rings. The summed E-state index contributed by atoms with van der Waals surface area (Å²) in [5.74, 6) is -1.20. The molecule has 3 N–H and O–H groups in total. The molecule has 0 spiro atoms. The van der Waals surface area contributed by atoms with Gasteiger partial charge in [-0.2, -0.15) is 0 Å². The van der Waals surface area contributed by atoms with E-state index in [2.05, 4.69) is 15.3 Å². The van der Waals surface area contributed by atoms with Gasteiger partial charge in [-0.15, -0.1) is 0 Å². The Balaban J connectivity index is 1.49. The van der Waals surface area contributed by atoms with Gasteiger partial charge in [0.1, 0.15) is 5.82 Å². The highest BCUT2D eigenvalue weighted by Gasteiger charge is 2.31. The lowest BCUT2D eigenvalue weighted by Crippen LogP contribution is -2.41. The van der Waals surface area contributed by atoms with Crippen molar-refractivity contribution >= 4 is 16.8 Å². The Morgan fingerprint density at radius 3 is 2.57 bits per heavy atom. The monoisotopic (exact) mass is 413 g/mol. The second-order valence-electron chi connectivity index (χ2n) is 8.59. The van der Waals surface area contributed by atoms with Crippen LogP contribution in [-0.4, -0.2) is 32.6 Å². The molecule has 4 rings (SSSR count). The molecule has 1 aromatic carbocycles. The third kappa shape index (κ3) is 3.94. The molecule has 3 aromatic rings. The molecule has 7 heteroatoms. The highest BCUT2D eigenvalue weighted by molar-refractivity contribution is 5.96. The number of hydrogen-bond acceptors (Lipinski definition) is 3. The first-order chi connectivity index (χ1) is 14.2. The molecular weight excluding hydrogens is 388 g/mol. The van der Waals surface area contributed by atoms with E-state index in [1.54, 1.807) is 18.3 Å². The zero-order valence-corrected chi connectivity index (χ0v) is 17.0. The Morgan fingerprint density at radius 1 is 1.17 bits per heavy atom. The number of carbonyl (C=O) groups excluding carboxylic acids is 1. The lowest BCUT2D eigenvalue weighted by atomic mass is 9.77. The van der Waals surface area contributed by atoms with E-state index in [-0.39, 0.29) is 34.5 Å². The van der Waals surface area contributed by atoms with Crippen molar-refractivity contribution in [3.63, 3.8) is 0 Å². The van der Waals surface area contributed by atoms with Crippen LogP contribution in [0.5, 0.6) is 0 Å². The van der Waals surface area contributed by atoms with E-state index in [0.717, 1.165) is 31.9 Å². The van der Waals surface area contributed by atoms with Gasteiger partial charge in [-0.3, -0.25) is 9.78 Å². The molecule has 1 aliphatic rings. The van der Waals surface area contributed by atoms with Crippen LogP contribution in [-0.2, 0) is 0 Å². The number of benzene rings is 1. The number of aromatic amines is 1. The Bertz CT molecular complexity index is 1080. The van der Waals surface area contributed by atoms with Crippen LogP contribution in [0.4, 0.5) is 8.78 Å². The minimum Gasteiger partial charge on any atom is -0.390 e. The van der Waals surface area contributed by atoms with Crippen molar-refractivity contribution in [3.8, 4) is 11.3 Å². The van der Waals surface area contributed by atoms with E-state index in [1.165, 1.54) is 12.1 Å². The molecule has 1 amide bonds. The van der Waals surface area contributed by atoms with Crippen molar-refractivity contribution in [2.75, 3.05) is 0 Å². The van der Waals surface area contributed by atoms with Crippen LogP contribution in [0.3, 0.4) is 0 Å². The van der Waals surface area contributed by atoms with Crippen molar-refractivity contribution in [1.82, 2.24) is 15.3 Å². The first-order valence-corrected chi connectivity index (χ1v) is 10.2. The van der Waals surface area contributed by atoms with Crippen molar-refractivity contribution < 1.29 is 18.7 Å². The molecule has 0 unspecified atom stereocenters. The third-order valence-electron chi connectivity index (χ3n) is 6.10. The molecule has 1 saturated carbocycles. The first-order valence-electron chi connectivity index (χ1n) is 10.2. The molecule has 0 atom stereocenters. The van der Waals surface area contributed by atoms with Crippen molar-refractivity contribution in [2.24, 2.45) is 5.92 Å². The van der Waals surface area contributed by atoms with E-state index in [0.29, 0.717) is 11.1 Å². The summed E-state index contributed by atoms with van der Waals surface area (Å²) < 4.78 is 28.7. The zero-order chi connectivity index (χ0) is 21.5. The summed E-state index contributed by atoms with van der Waals surface area (Å²) >= 11 is 0. The second kappa shape index (κ2) is 7.80. The van der Waals surface area contributed by atoms with Crippen molar-refractivity contribution in [1.29, 1.82) is 0 Å².